The van der Waals surface area contributed by atoms with Gasteiger partial charge >= 0.3 is 5.76 Å². The molecule has 1 unspecified atom stereocenters. The SMILES string of the molecule is CC1Cc2ccccc2N1S(=O)(=O)c1ccc2oc(=O)[nH]c2c1. The molecule has 0 fully saturated rings. The molecule has 0 amide bonds. The minimum absolute atomic E-state index is 0.130. The molecule has 23 heavy (non-hydrogen) atoms. The average Bonchev–Trinajstić information content (AvgIpc) is 3.04. The average molecular weight is 330 g/mol. The maximum absolute atomic E-state index is 13.1. The summed E-state index contributed by atoms with van der Waals surface area (Å²) in [6, 6.07) is 11.7. The number of benzene rings is 2. The van der Waals surface area contributed by atoms with E-state index in [4.69, 9.17) is 4.42 Å². The molecule has 0 aliphatic carbocycles. The number of sulfonamides is 1. The fourth-order valence-corrected chi connectivity index (χ4v) is 4.83. The number of hydrogen-bond donors (Lipinski definition) is 1. The van der Waals surface area contributed by atoms with Crippen LogP contribution in [-0.4, -0.2) is 19.4 Å². The predicted molar refractivity (Wildman–Crippen MR) is 86.1 cm³/mol. The molecule has 1 atom stereocenters. The van der Waals surface area contributed by atoms with Crippen LogP contribution in [0, 0.1) is 0 Å². The van der Waals surface area contributed by atoms with Crippen LogP contribution < -0.4 is 10.1 Å². The van der Waals surface area contributed by atoms with E-state index in [1.54, 1.807) is 0 Å². The van der Waals surface area contributed by atoms with Gasteiger partial charge in [0.05, 0.1) is 16.1 Å². The summed E-state index contributed by atoms with van der Waals surface area (Å²) in [6.45, 7) is 1.88. The summed E-state index contributed by atoms with van der Waals surface area (Å²) in [5.74, 6) is -0.602. The number of hydrogen-bond acceptors (Lipinski definition) is 4. The summed E-state index contributed by atoms with van der Waals surface area (Å²) in [4.78, 5) is 13.9. The van der Waals surface area contributed by atoms with E-state index >= 15 is 0 Å². The molecule has 2 heterocycles. The first-order valence-corrected chi connectivity index (χ1v) is 8.66. The van der Waals surface area contributed by atoms with Gasteiger partial charge in [0.2, 0.25) is 0 Å². The molecule has 0 saturated carbocycles. The molecule has 0 radical (unpaired) electrons. The van der Waals surface area contributed by atoms with E-state index in [2.05, 4.69) is 4.98 Å². The van der Waals surface area contributed by atoms with Crippen molar-refractivity contribution in [2.24, 2.45) is 0 Å². The Morgan fingerprint density at radius 3 is 2.83 bits per heavy atom. The van der Waals surface area contributed by atoms with Crippen molar-refractivity contribution < 1.29 is 12.8 Å². The summed E-state index contributed by atoms with van der Waals surface area (Å²) < 4.78 is 32.5. The first-order valence-electron chi connectivity index (χ1n) is 7.22. The molecule has 1 aliphatic rings. The topological polar surface area (TPSA) is 83.4 Å². The number of para-hydroxylation sites is 1. The highest BCUT2D eigenvalue weighted by Gasteiger charge is 2.35. The largest absolute Gasteiger partial charge is 0.417 e. The zero-order valence-electron chi connectivity index (χ0n) is 12.3. The summed E-state index contributed by atoms with van der Waals surface area (Å²) >= 11 is 0. The number of aromatic amines is 1. The number of anilines is 1. The first kappa shape index (κ1) is 14.1. The fraction of sp³-hybridized carbons (Fsp3) is 0.188. The monoisotopic (exact) mass is 330 g/mol. The van der Waals surface area contributed by atoms with Gasteiger partial charge in [-0.15, -0.1) is 0 Å². The lowest BCUT2D eigenvalue weighted by molar-refractivity contribution is 0.555. The lowest BCUT2D eigenvalue weighted by Crippen LogP contribution is -2.35. The summed E-state index contributed by atoms with van der Waals surface area (Å²) in [5, 5.41) is 0. The number of nitrogens with one attached hydrogen (secondary N) is 1. The van der Waals surface area contributed by atoms with Crippen LogP contribution in [0.15, 0.2) is 56.6 Å². The third-order valence-electron chi connectivity index (χ3n) is 4.09. The van der Waals surface area contributed by atoms with Crippen LogP contribution in [0.2, 0.25) is 0 Å². The van der Waals surface area contributed by atoms with Gasteiger partial charge in [-0.1, -0.05) is 18.2 Å². The molecule has 1 aromatic heterocycles. The van der Waals surface area contributed by atoms with Crippen molar-refractivity contribution in [3.63, 3.8) is 0 Å². The Balaban J connectivity index is 1.87. The molecule has 3 aromatic rings. The first-order chi connectivity index (χ1) is 11.0. The van der Waals surface area contributed by atoms with E-state index in [9.17, 15) is 13.2 Å². The van der Waals surface area contributed by atoms with Crippen molar-refractivity contribution >= 4 is 26.8 Å². The third kappa shape index (κ3) is 2.08. The van der Waals surface area contributed by atoms with Crippen LogP contribution >= 0.6 is 0 Å². The maximum atomic E-state index is 13.1. The molecule has 6 nitrogen and oxygen atoms in total. The molecular formula is C16H14N2O4S. The van der Waals surface area contributed by atoms with Gasteiger partial charge in [0.25, 0.3) is 10.0 Å². The van der Waals surface area contributed by atoms with E-state index in [1.165, 1.54) is 22.5 Å². The second-order valence-corrected chi connectivity index (χ2v) is 7.47. The van der Waals surface area contributed by atoms with E-state index in [-0.39, 0.29) is 10.9 Å². The number of nitrogens with zero attached hydrogens (tertiary/aromatic N) is 1. The Kier molecular flexibility index (Phi) is 2.89. The standard InChI is InChI=1S/C16H14N2O4S/c1-10-8-11-4-2-3-5-14(11)18(10)23(20,21)12-6-7-15-13(9-12)17-16(19)22-15/h2-7,9-10H,8H2,1H3,(H,17,19). The summed E-state index contributed by atoms with van der Waals surface area (Å²) in [6.07, 6.45) is 0.681. The lowest BCUT2D eigenvalue weighted by atomic mass is 10.1. The minimum atomic E-state index is -3.71. The Bertz CT molecular complexity index is 1060. The highest BCUT2D eigenvalue weighted by molar-refractivity contribution is 7.92. The van der Waals surface area contributed by atoms with Crippen LogP contribution in [0.3, 0.4) is 0 Å². The van der Waals surface area contributed by atoms with Gasteiger partial charge in [-0.2, -0.15) is 0 Å². The second kappa shape index (κ2) is 4.73. The van der Waals surface area contributed by atoms with Crippen molar-refractivity contribution in [2.75, 3.05) is 4.31 Å². The Morgan fingerprint density at radius 1 is 1.22 bits per heavy atom. The Hall–Kier alpha value is -2.54. The lowest BCUT2D eigenvalue weighted by Gasteiger charge is -2.24. The molecule has 1 aliphatic heterocycles. The van der Waals surface area contributed by atoms with Gasteiger partial charge in [-0.3, -0.25) is 9.29 Å². The van der Waals surface area contributed by atoms with Gasteiger partial charge in [-0.25, -0.2) is 13.2 Å². The van der Waals surface area contributed by atoms with Crippen molar-refractivity contribution in [3.05, 3.63) is 58.6 Å². The number of rotatable bonds is 2. The Labute approximate surface area is 132 Å². The normalized spacial score (nSPS) is 17.6. The third-order valence-corrected chi connectivity index (χ3v) is 6.02. The number of fused-ring (bicyclic) bond motifs is 2. The summed E-state index contributed by atoms with van der Waals surface area (Å²) in [7, 11) is -3.71. The van der Waals surface area contributed by atoms with Crippen molar-refractivity contribution in [1.29, 1.82) is 0 Å². The molecule has 2 aromatic carbocycles. The van der Waals surface area contributed by atoms with E-state index in [0.29, 0.717) is 23.2 Å². The number of oxazole rings is 1. The maximum Gasteiger partial charge on any atom is 0.417 e. The molecule has 118 valence electrons. The zero-order chi connectivity index (χ0) is 16.2. The molecular weight excluding hydrogens is 316 g/mol. The van der Waals surface area contributed by atoms with Crippen molar-refractivity contribution in [3.8, 4) is 0 Å². The van der Waals surface area contributed by atoms with Gasteiger partial charge in [-0.05, 0) is 43.2 Å². The van der Waals surface area contributed by atoms with Crippen molar-refractivity contribution in [2.45, 2.75) is 24.3 Å². The smallest absolute Gasteiger partial charge is 0.408 e. The van der Waals surface area contributed by atoms with Gasteiger partial charge in [0, 0.05) is 6.04 Å². The Morgan fingerprint density at radius 2 is 2.00 bits per heavy atom. The van der Waals surface area contributed by atoms with Crippen LogP contribution in [0.5, 0.6) is 0 Å². The van der Waals surface area contributed by atoms with E-state index in [0.717, 1.165) is 5.56 Å². The summed E-state index contributed by atoms with van der Waals surface area (Å²) in [5.41, 5.74) is 2.43. The fourth-order valence-electron chi connectivity index (χ4n) is 3.11. The predicted octanol–water partition coefficient (Wildman–Crippen LogP) is 2.26. The molecule has 0 bridgehead atoms. The molecule has 0 spiro atoms. The number of aromatic nitrogens is 1. The van der Waals surface area contributed by atoms with E-state index < -0.39 is 15.8 Å². The highest BCUT2D eigenvalue weighted by atomic mass is 32.2. The molecule has 0 saturated heterocycles. The van der Waals surface area contributed by atoms with Gasteiger partial charge < -0.3 is 4.42 Å². The van der Waals surface area contributed by atoms with Crippen molar-refractivity contribution in [1.82, 2.24) is 4.98 Å². The number of H-pyrrole nitrogens is 1. The quantitative estimate of drug-likeness (QED) is 0.781. The highest BCUT2D eigenvalue weighted by Crippen LogP contribution is 2.36. The minimum Gasteiger partial charge on any atom is -0.408 e. The second-order valence-electron chi connectivity index (χ2n) is 5.66. The molecule has 1 N–H and O–H groups in total. The van der Waals surface area contributed by atoms with Gasteiger partial charge in [0.1, 0.15) is 0 Å². The van der Waals surface area contributed by atoms with Crippen LogP contribution in [0.4, 0.5) is 5.69 Å². The van der Waals surface area contributed by atoms with Gasteiger partial charge in [0.15, 0.2) is 5.58 Å². The molecule has 7 heteroatoms. The van der Waals surface area contributed by atoms with Crippen LogP contribution in [0.25, 0.3) is 11.1 Å². The zero-order valence-corrected chi connectivity index (χ0v) is 13.1. The van der Waals surface area contributed by atoms with E-state index in [1.807, 2.05) is 31.2 Å². The van der Waals surface area contributed by atoms with Crippen LogP contribution in [0.1, 0.15) is 12.5 Å². The molecule has 4 rings (SSSR count). The van der Waals surface area contributed by atoms with Crippen LogP contribution in [-0.2, 0) is 16.4 Å².